The molecular weight excluding hydrogens is 470 g/mol. The first-order chi connectivity index (χ1) is 16.2. The Kier molecular flexibility index (Phi) is 6.94. The molecule has 1 unspecified atom stereocenters. The minimum Gasteiger partial charge on any atom is -0.344 e. The highest BCUT2D eigenvalue weighted by molar-refractivity contribution is 7.98. The zero-order valence-electron chi connectivity index (χ0n) is 18.1. The summed E-state index contributed by atoms with van der Waals surface area (Å²) in [6, 6.07) is 14.0. The Hall–Kier alpha value is -2.42. The second kappa shape index (κ2) is 10.2. The number of hydrogen-bond acceptors (Lipinski definition) is 6. The highest BCUT2D eigenvalue weighted by Crippen LogP contribution is 2.33. The van der Waals surface area contributed by atoms with Crippen LogP contribution in [0.3, 0.4) is 0 Å². The molecule has 5 nitrogen and oxygen atoms in total. The number of nitrogens with zero attached hydrogens (tertiary/aromatic N) is 1. The van der Waals surface area contributed by atoms with Gasteiger partial charge in [0.25, 0.3) is 5.56 Å². The van der Waals surface area contributed by atoms with E-state index in [9.17, 15) is 9.59 Å². The molecule has 1 aromatic carbocycles. The first kappa shape index (κ1) is 22.4. The minimum absolute atomic E-state index is 0.0191. The van der Waals surface area contributed by atoms with Gasteiger partial charge >= 0.3 is 0 Å². The number of aromatic nitrogens is 2. The fourth-order valence-corrected chi connectivity index (χ4v) is 7.15. The second-order valence-electron chi connectivity index (χ2n) is 8.13. The van der Waals surface area contributed by atoms with Crippen LogP contribution in [0, 0.1) is 0 Å². The van der Waals surface area contributed by atoms with Gasteiger partial charge in [-0.25, -0.2) is 4.98 Å². The maximum absolute atomic E-state index is 12.7. The van der Waals surface area contributed by atoms with Crippen molar-refractivity contribution in [3.63, 3.8) is 0 Å². The van der Waals surface area contributed by atoms with E-state index in [2.05, 4.69) is 16.4 Å². The topological polar surface area (TPSA) is 74.8 Å². The molecule has 0 aliphatic heterocycles. The molecule has 2 N–H and O–H groups in total. The zero-order chi connectivity index (χ0) is 22.6. The molecule has 1 aliphatic carbocycles. The predicted molar refractivity (Wildman–Crippen MR) is 138 cm³/mol. The number of amides is 1. The van der Waals surface area contributed by atoms with Crippen molar-refractivity contribution in [1.29, 1.82) is 0 Å². The Morgan fingerprint density at radius 1 is 1.15 bits per heavy atom. The van der Waals surface area contributed by atoms with Crippen LogP contribution in [-0.4, -0.2) is 21.6 Å². The third-order valence-electron chi connectivity index (χ3n) is 5.85. The molecule has 5 rings (SSSR count). The lowest BCUT2D eigenvalue weighted by Gasteiger charge is -2.18. The van der Waals surface area contributed by atoms with Crippen LogP contribution in [-0.2, 0) is 23.4 Å². The number of carbonyl (C=O) groups is 1. The van der Waals surface area contributed by atoms with Crippen LogP contribution in [0.15, 0.2) is 52.6 Å². The number of carbonyl (C=O) groups excluding carboxylic acids is 1. The first-order valence-corrected chi connectivity index (χ1v) is 14.0. The van der Waals surface area contributed by atoms with E-state index in [1.807, 2.05) is 41.8 Å². The summed E-state index contributed by atoms with van der Waals surface area (Å²) in [7, 11) is 0. The fraction of sp³-hybridized carbons (Fsp3) is 0.320. The summed E-state index contributed by atoms with van der Waals surface area (Å²) >= 11 is 4.94. The molecule has 1 amide bonds. The van der Waals surface area contributed by atoms with Gasteiger partial charge in [0.05, 0.1) is 17.2 Å². The van der Waals surface area contributed by atoms with Crippen molar-refractivity contribution in [2.24, 2.45) is 0 Å². The molecule has 0 spiro atoms. The van der Waals surface area contributed by atoms with Gasteiger partial charge in [0.15, 0.2) is 0 Å². The molecule has 4 aromatic rings. The number of benzene rings is 1. The molecule has 1 atom stereocenters. The molecule has 1 aliphatic rings. The zero-order valence-corrected chi connectivity index (χ0v) is 20.6. The normalized spacial score (nSPS) is 14.2. The number of thiophene rings is 2. The maximum atomic E-state index is 12.7. The van der Waals surface area contributed by atoms with Gasteiger partial charge < -0.3 is 10.3 Å². The molecule has 0 fully saturated rings. The highest BCUT2D eigenvalue weighted by Gasteiger charge is 2.20. The number of aryl methyl sites for hydroxylation is 2. The van der Waals surface area contributed by atoms with E-state index in [1.165, 1.54) is 16.9 Å². The van der Waals surface area contributed by atoms with Gasteiger partial charge in [0.2, 0.25) is 5.91 Å². The van der Waals surface area contributed by atoms with Gasteiger partial charge in [-0.2, -0.15) is 11.8 Å². The number of thioether (sulfide) groups is 1. The first-order valence-electron chi connectivity index (χ1n) is 11.2. The van der Waals surface area contributed by atoms with Crippen LogP contribution in [0.25, 0.3) is 10.2 Å². The standard InChI is InChI=1S/C25H25N3O2S3/c29-21(28-23(19-11-6-13-32-19)16-7-2-1-3-8-16)12-14-31-15-20-26-24(30)22-17-9-4-5-10-18(17)33-25(22)27-20/h1-3,6-8,11,13,23H,4-5,9-10,12,14-15H2,(H,28,29)(H,26,27,30). The summed E-state index contributed by atoms with van der Waals surface area (Å²) in [6.07, 6.45) is 4.80. The Bertz CT molecular complexity index is 1300. The largest absolute Gasteiger partial charge is 0.344 e. The van der Waals surface area contributed by atoms with Gasteiger partial charge in [-0.3, -0.25) is 9.59 Å². The van der Waals surface area contributed by atoms with Crippen LogP contribution >= 0.6 is 34.4 Å². The van der Waals surface area contributed by atoms with Crippen LogP contribution in [0.5, 0.6) is 0 Å². The van der Waals surface area contributed by atoms with Crippen LogP contribution < -0.4 is 10.9 Å². The molecule has 8 heteroatoms. The lowest BCUT2D eigenvalue weighted by atomic mass is 9.97. The van der Waals surface area contributed by atoms with E-state index in [1.54, 1.807) is 34.4 Å². The average molecular weight is 496 g/mol. The van der Waals surface area contributed by atoms with Crippen molar-refractivity contribution in [2.75, 3.05) is 5.75 Å². The Balaban J connectivity index is 1.18. The SMILES string of the molecule is O=C(CCSCc1nc2sc3c(c2c(=O)[nH]1)CCCC3)NC(c1ccccc1)c1cccs1. The van der Waals surface area contributed by atoms with E-state index in [4.69, 9.17) is 4.98 Å². The van der Waals surface area contributed by atoms with Crippen molar-refractivity contribution in [2.45, 2.75) is 43.9 Å². The fourth-order valence-electron chi connectivity index (χ4n) is 4.26. The average Bonchev–Trinajstić information content (AvgIpc) is 3.49. The third kappa shape index (κ3) is 5.08. The van der Waals surface area contributed by atoms with Crippen molar-refractivity contribution in [1.82, 2.24) is 15.3 Å². The van der Waals surface area contributed by atoms with E-state index in [0.29, 0.717) is 23.8 Å². The number of nitrogens with one attached hydrogen (secondary N) is 2. The van der Waals surface area contributed by atoms with Gasteiger partial charge in [-0.15, -0.1) is 22.7 Å². The second-order valence-corrected chi connectivity index (χ2v) is 11.3. The Morgan fingerprint density at radius 2 is 2.00 bits per heavy atom. The third-order valence-corrected chi connectivity index (χ3v) is 8.95. The lowest BCUT2D eigenvalue weighted by molar-refractivity contribution is -0.121. The summed E-state index contributed by atoms with van der Waals surface area (Å²) in [5.74, 6) is 1.97. The number of hydrogen-bond donors (Lipinski definition) is 2. The van der Waals surface area contributed by atoms with E-state index < -0.39 is 0 Å². The van der Waals surface area contributed by atoms with Gasteiger partial charge in [-0.05, 0) is 48.3 Å². The van der Waals surface area contributed by atoms with Gasteiger partial charge in [0, 0.05) is 21.9 Å². The Morgan fingerprint density at radius 3 is 2.82 bits per heavy atom. The molecule has 3 aromatic heterocycles. The van der Waals surface area contributed by atoms with Crippen molar-refractivity contribution in [3.8, 4) is 0 Å². The minimum atomic E-state index is -0.131. The van der Waals surface area contributed by atoms with E-state index in [0.717, 1.165) is 39.9 Å². The molecule has 33 heavy (non-hydrogen) atoms. The summed E-state index contributed by atoms with van der Waals surface area (Å²) < 4.78 is 0. The highest BCUT2D eigenvalue weighted by atomic mass is 32.2. The lowest BCUT2D eigenvalue weighted by Crippen LogP contribution is -2.29. The summed E-state index contributed by atoms with van der Waals surface area (Å²) in [5.41, 5.74) is 2.27. The van der Waals surface area contributed by atoms with Gasteiger partial charge in [-0.1, -0.05) is 36.4 Å². The number of H-pyrrole nitrogens is 1. The molecule has 3 heterocycles. The number of fused-ring (bicyclic) bond motifs is 3. The quantitative estimate of drug-likeness (QED) is 0.319. The Labute approximate surface area is 204 Å². The van der Waals surface area contributed by atoms with Gasteiger partial charge in [0.1, 0.15) is 10.7 Å². The van der Waals surface area contributed by atoms with E-state index >= 15 is 0 Å². The van der Waals surface area contributed by atoms with Crippen LogP contribution in [0.2, 0.25) is 0 Å². The number of aromatic amines is 1. The summed E-state index contributed by atoms with van der Waals surface area (Å²) in [4.78, 5) is 36.4. The summed E-state index contributed by atoms with van der Waals surface area (Å²) in [5, 5.41) is 6.01. The summed E-state index contributed by atoms with van der Waals surface area (Å²) in [6.45, 7) is 0. The van der Waals surface area contributed by atoms with Crippen molar-refractivity contribution < 1.29 is 4.79 Å². The smallest absolute Gasteiger partial charge is 0.259 e. The molecular formula is C25H25N3O2S3. The van der Waals surface area contributed by atoms with Crippen molar-refractivity contribution >= 4 is 50.6 Å². The number of rotatable bonds is 8. The predicted octanol–water partition coefficient (Wildman–Crippen LogP) is 5.45. The maximum Gasteiger partial charge on any atom is 0.259 e. The van der Waals surface area contributed by atoms with Crippen LogP contribution in [0.1, 0.15) is 52.0 Å². The molecule has 0 saturated carbocycles. The van der Waals surface area contributed by atoms with Crippen molar-refractivity contribution in [3.05, 3.63) is 84.9 Å². The molecule has 0 saturated heterocycles. The van der Waals surface area contributed by atoms with E-state index in [-0.39, 0.29) is 17.5 Å². The molecule has 0 radical (unpaired) electrons. The molecule has 170 valence electrons. The van der Waals surface area contributed by atoms with Crippen LogP contribution in [0.4, 0.5) is 0 Å². The monoisotopic (exact) mass is 495 g/mol. The molecule has 0 bridgehead atoms.